The highest BCUT2D eigenvalue weighted by Gasteiger charge is 2.29. The number of rotatable bonds is 5. The summed E-state index contributed by atoms with van der Waals surface area (Å²) < 4.78 is 0. The van der Waals surface area contributed by atoms with E-state index in [0.29, 0.717) is 6.61 Å². The van der Waals surface area contributed by atoms with Gasteiger partial charge in [-0.3, -0.25) is 4.90 Å². The Morgan fingerprint density at radius 1 is 1.38 bits per heavy atom. The van der Waals surface area contributed by atoms with E-state index in [1.807, 2.05) is 12.2 Å². The van der Waals surface area contributed by atoms with Crippen LogP contribution in [0.15, 0.2) is 37.0 Å². The number of nitrogens with zero attached hydrogens (tertiary/aromatic N) is 1. The Balaban J connectivity index is 2.45. The summed E-state index contributed by atoms with van der Waals surface area (Å²) in [5, 5.41) is 9.29. The first-order chi connectivity index (χ1) is 7.63. The van der Waals surface area contributed by atoms with Gasteiger partial charge in [0.15, 0.2) is 0 Å². The highest BCUT2D eigenvalue weighted by molar-refractivity contribution is 5.22. The third-order valence-corrected chi connectivity index (χ3v) is 3.45. The number of hydrogen-bond acceptors (Lipinski definition) is 2. The second-order valence-corrected chi connectivity index (χ2v) is 4.93. The number of allylic oxidation sites excluding steroid dienone is 2. The molecule has 2 nitrogen and oxygen atoms in total. The van der Waals surface area contributed by atoms with Crippen molar-refractivity contribution in [2.24, 2.45) is 5.41 Å². The predicted octanol–water partition coefficient (Wildman–Crippen LogP) is 2.38. The summed E-state index contributed by atoms with van der Waals surface area (Å²) in [6.07, 6.45) is 7.84. The van der Waals surface area contributed by atoms with E-state index in [4.69, 9.17) is 0 Å². The predicted molar refractivity (Wildman–Crippen MR) is 69.3 cm³/mol. The van der Waals surface area contributed by atoms with E-state index in [2.05, 4.69) is 25.0 Å². The van der Waals surface area contributed by atoms with Gasteiger partial charge < -0.3 is 5.11 Å². The molecule has 0 aromatic heterocycles. The van der Waals surface area contributed by atoms with Gasteiger partial charge in [0.25, 0.3) is 0 Å². The SMILES string of the molecule is C=C/C=C(\C=C)CN1CCC(C)(CO)CC1. The summed E-state index contributed by atoms with van der Waals surface area (Å²) in [5.41, 5.74) is 1.34. The summed E-state index contributed by atoms with van der Waals surface area (Å²) in [7, 11) is 0. The van der Waals surface area contributed by atoms with Crippen molar-refractivity contribution in [2.75, 3.05) is 26.2 Å². The van der Waals surface area contributed by atoms with Crippen LogP contribution in [0.3, 0.4) is 0 Å². The van der Waals surface area contributed by atoms with Crippen LogP contribution in [0.4, 0.5) is 0 Å². The molecule has 0 aromatic carbocycles. The minimum atomic E-state index is 0.132. The third-order valence-electron chi connectivity index (χ3n) is 3.45. The first-order valence-electron chi connectivity index (χ1n) is 5.91. The minimum Gasteiger partial charge on any atom is -0.396 e. The van der Waals surface area contributed by atoms with Crippen LogP contribution >= 0.6 is 0 Å². The maximum absolute atomic E-state index is 9.29. The molecule has 0 spiro atoms. The van der Waals surface area contributed by atoms with Crippen molar-refractivity contribution in [3.05, 3.63) is 37.0 Å². The second kappa shape index (κ2) is 6.02. The first kappa shape index (κ1) is 13.2. The molecule has 0 saturated carbocycles. The van der Waals surface area contributed by atoms with Crippen molar-refractivity contribution in [3.8, 4) is 0 Å². The van der Waals surface area contributed by atoms with Crippen LogP contribution in [0, 0.1) is 5.41 Å². The molecule has 0 unspecified atom stereocenters. The molecule has 0 atom stereocenters. The van der Waals surface area contributed by atoms with Gasteiger partial charge in [-0.2, -0.15) is 0 Å². The lowest BCUT2D eigenvalue weighted by atomic mass is 9.81. The van der Waals surface area contributed by atoms with Gasteiger partial charge in [0.2, 0.25) is 0 Å². The minimum absolute atomic E-state index is 0.132. The third kappa shape index (κ3) is 3.62. The van der Waals surface area contributed by atoms with Gasteiger partial charge in [0.05, 0.1) is 0 Å². The highest BCUT2D eigenvalue weighted by atomic mass is 16.3. The van der Waals surface area contributed by atoms with Crippen molar-refractivity contribution < 1.29 is 5.11 Å². The van der Waals surface area contributed by atoms with Crippen molar-refractivity contribution in [1.29, 1.82) is 0 Å². The fourth-order valence-electron chi connectivity index (χ4n) is 2.00. The van der Waals surface area contributed by atoms with Crippen LogP contribution in [0.25, 0.3) is 0 Å². The molecule has 1 rings (SSSR count). The standard InChI is InChI=1S/C14H23NO/c1-4-6-13(5-2)11-15-9-7-14(3,12-16)8-10-15/h4-6,16H,1-2,7-12H2,3H3/b13-6+. The normalized spacial score (nSPS) is 21.8. The van der Waals surface area contributed by atoms with E-state index in [1.54, 1.807) is 6.08 Å². The average Bonchev–Trinajstić information content (AvgIpc) is 2.31. The van der Waals surface area contributed by atoms with Gasteiger partial charge in [-0.15, -0.1) is 0 Å². The molecule has 1 aliphatic heterocycles. The maximum atomic E-state index is 9.29. The van der Waals surface area contributed by atoms with Crippen LogP contribution in [-0.2, 0) is 0 Å². The van der Waals surface area contributed by atoms with Crippen molar-refractivity contribution in [3.63, 3.8) is 0 Å². The summed E-state index contributed by atoms with van der Waals surface area (Å²) in [6, 6.07) is 0. The molecular weight excluding hydrogens is 198 g/mol. The zero-order valence-electron chi connectivity index (χ0n) is 10.3. The monoisotopic (exact) mass is 221 g/mol. The molecule has 1 N–H and O–H groups in total. The van der Waals surface area contributed by atoms with Crippen LogP contribution in [0.2, 0.25) is 0 Å². The Hall–Kier alpha value is -0.860. The van der Waals surface area contributed by atoms with Crippen molar-refractivity contribution in [1.82, 2.24) is 4.90 Å². The van der Waals surface area contributed by atoms with E-state index in [9.17, 15) is 5.11 Å². The van der Waals surface area contributed by atoms with E-state index in [-0.39, 0.29) is 5.41 Å². The van der Waals surface area contributed by atoms with Crippen LogP contribution in [0.1, 0.15) is 19.8 Å². The van der Waals surface area contributed by atoms with E-state index in [1.165, 1.54) is 5.57 Å². The first-order valence-corrected chi connectivity index (χ1v) is 5.91. The highest BCUT2D eigenvalue weighted by Crippen LogP contribution is 2.30. The summed E-state index contributed by atoms with van der Waals surface area (Å²) >= 11 is 0. The topological polar surface area (TPSA) is 23.5 Å². The van der Waals surface area contributed by atoms with E-state index in [0.717, 1.165) is 32.5 Å². The van der Waals surface area contributed by atoms with Crippen LogP contribution < -0.4 is 0 Å². The Labute approximate surface area is 99.0 Å². The largest absolute Gasteiger partial charge is 0.396 e. The van der Waals surface area contributed by atoms with Gasteiger partial charge in [-0.1, -0.05) is 38.3 Å². The molecule has 0 bridgehead atoms. The molecule has 1 aliphatic rings. The average molecular weight is 221 g/mol. The quantitative estimate of drug-likeness (QED) is 0.721. The summed E-state index contributed by atoms with van der Waals surface area (Å²) in [5.74, 6) is 0. The summed E-state index contributed by atoms with van der Waals surface area (Å²) in [6.45, 7) is 13.0. The Kier molecular flexibility index (Phi) is 4.97. The number of piperidine rings is 1. The lowest BCUT2D eigenvalue weighted by molar-refractivity contribution is 0.0627. The van der Waals surface area contributed by atoms with Gasteiger partial charge >= 0.3 is 0 Å². The van der Waals surface area contributed by atoms with Crippen LogP contribution in [0.5, 0.6) is 0 Å². The number of aliphatic hydroxyl groups is 1. The van der Waals surface area contributed by atoms with Crippen molar-refractivity contribution >= 4 is 0 Å². The zero-order valence-corrected chi connectivity index (χ0v) is 10.3. The molecule has 1 saturated heterocycles. The molecule has 0 radical (unpaired) electrons. The molecule has 0 aliphatic carbocycles. The van der Waals surface area contributed by atoms with E-state index >= 15 is 0 Å². The van der Waals surface area contributed by atoms with Gasteiger partial charge in [-0.05, 0) is 36.9 Å². The summed E-state index contributed by atoms with van der Waals surface area (Å²) in [4.78, 5) is 2.41. The lowest BCUT2D eigenvalue weighted by Gasteiger charge is -2.38. The maximum Gasteiger partial charge on any atom is 0.0485 e. The zero-order chi connectivity index (χ0) is 12.0. The number of likely N-dealkylation sites (tertiary alicyclic amines) is 1. The Morgan fingerprint density at radius 3 is 2.44 bits per heavy atom. The number of aliphatic hydroxyl groups excluding tert-OH is 1. The molecule has 0 amide bonds. The molecule has 0 aromatic rings. The van der Waals surface area contributed by atoms with E-state index < -0.39 is 0 Å². The Bertz CT molecular complexity index is 272. The Morgan fingerprint density at radius 2 is 2.00 bits per heavy atom. The molecule has 2 heteroatoms. The van der Waals surface area contributed by atoms with Gasteiger partial charge in [-0.25, -0.2) is 0 Å². The smallest absolute Gasteiger partial charge is 0.0485 e. The van der Waals surface area contributed by atoms with Gasteiger partial charge in [0, 0.05) is 13.2 Å². The number of hydrogen-bond donors (Lipinski definition) is 1. The molecule has 90 valence electrons. The lowest BCUT2D eigenvalue weighted by Crippen LogP contribution is -2.41. The molecular formula is C14H23NO. The van der Waals surface area contributed by atoms with Crippen LogP contribution in [-0.4, -0.2) is 36.2 Å². The fourth-order valence-corrected chi connectivity index (χ4v) is 2.00. The molecule has 1 heterocycles. The molecule has 1 fully saturated rings. The van der Waals surface area contributed by atoms with Crippen molar-refractivity contribution in [2.45, 2.75) is 19.8 Å². The van der Waals surface area contributed by atoms with Gasteiger partial charge in [0.1, 0.15) is 0 Å². The fraction of sp³-hybridized carbons (Fsp3) is 0.571. The second-order valence-electron chi connectivity index (χ2n) is 4.93. The molecule has 16 heavy (non-hydrogen) atoms.